The van der Waals surface area contributed by atoms with Crippen molar-refractivity contribution in [3.8, 4) is 0 Å². The molecular weight excluding hydrogens is 242 g/mol. The van der Waals surface area contributed by atoms with E-state index in [9.17, 15) is 4.79 Å². The smallest absolute Gasteiger partial charge is 0.317 e. The van der Waals surface area contributed by atoms with Crippen LogP contribution in [0.5, 0.6) is 0 Å². The molecule has 3 unspecified atom stereocenters. The second kappa shape index (κ2) is 7.10. The molecule has 2 rings (SSSR count). The molecule has 5 heteroatoms. The van der Waals surface area contributed by atoms with Crippen LogP contribution in [-0.4, -0.2) is 49.3 Å². The van der Waals surface area contributed by atoms with E-state index in [1.54, 1.807) is 0 Å². The number of hydrogen-bond acceptors (Lipinski definition) is 3. The molecule has 3 N–H and O–H groups in total. The van der Waals surface area contributed by atoms with Gasteiger partial charge in [0.15, 0.2) is 0 Å². The molecule has 1 saturated heterocycles. The second-order valence-corrected chi connectivity index (χ2v) is 5.64. The minimum absolute atomic E-state index is 0.0587. The standard InChI is InChI=1S/C14H27N3O2/c1-2-17(13-6-4-3-5-11(13)9-15)14(18)16-12-7-8-19-10-12/h11-13H,2-10,15H2,1H3,(H,16,18). The number of nitrogens with one attached hydrogen (secondary N) is 1. The van der Waals surface area contributed by atoms with E-state index < -0.39 is 0 Å². The Hall–Kier alpha value is -0.810. The Labute approximate surface area is 115 Å². The highest BCUT2D eigenvalue weighted by atomic mass is 16.5. The molecule has 1 aliphatic heterocycles. The molecule has 0 bridgehead atoms. The van der Waals surface area contributed by atoms with Gasteiger partial charge in [0.2, 0.25) is 0 Å². The Morgan fingerprint density at radius 1 is 1.37 bits per heavy atom. The number of rotatable bonds is 4. The number of nitrogens with two attached hydrogens (primary N) is 1. The molecular formula is C14H27N3O2. The van der Waals surface area contributed by atoms with Crippen LogP contribution in [0.2, 0.25) is 0 Å². The van der Waals surface area contributed by atoms with Crippen molar-refractivity contribution in [3.63, 3.8) is 0 Å². The zero-order valence-electron chi connectivity index (χ0n) is 11.9. The van der Waals surface area contributed by atoms with Crippen LogP contribution in [0.25, 0.3) is 0 Å². The van der Waals surface area contributed by atoms with Crippen LogP contribution in [0.4, 0.5) is 4.79 Å². The topological polar surface area (TPSA) is 67.6 Å². The van der Waals surface area contributed by atoms with E-state index in [1.165, 1.54) is 12.8 Å². The highest BCUT2D eigenvalue weighted by Crippen LogP contribution is 2.28. The number of hydrogen-bond donors (Lipinski definition) is 2. The van der Waals surface area contributed by atoms with Crippen molar-refractivity contribution >= 4 is 6.03 Å². The van der Waals surface area contributed by atoms with Crippen molar-refractivity contribution in [3.05, 3.63) is 0 Å². The van der Waals surface area contributed by atoms with Crippen molar-refractivity contribution in [2.75, 3.05) is 26.3 Å². The van der Waals surface area contributed by atoms with E-state index >= 15 is 0 Å². The molecule has 0 aromatic heterocycles. The van der Waals surface area contributed by atoms with Crippen LogP contribution < -0.4 is 11.1 Å². The molecule has 1 aliphatic carbocycles. The Bertz CT molecular complexity index is 292. The molecule has 2 aliphatic rings. The van der Waals surface area contributed by atoms with Gasteiger partial charge in [-0.2, -0.15) is 0 Å². The van der Waals surface area contributed by atoms with Gasteiger partial charge in [-0.3, -0.25) is 0 Å². The Kier molecular flexibility index (Phi) is 5.45. The molecule has 1 saturated carbocycles. The van der Waals surface area contributed by atoms with Crippen molar-refractivity contribution in [2.45, 2.75) is 51.1 Å². The summed E-state index contributed by atoms with van der Waals surface area (Å²) in [6, 6.07) is 0.552. The summed E-state index contributed by atoms with van der Waals surface area (Å²) in [5.41, 5.74) is 5.87. The van der Waals surface area contributed by atoms with Crippen molar-refractivity contribution in [1.29, 1.82) is 0 Å². The zero-order chi connectivity index (χ0) is 13.7. The van der Waals surface area contributed by atoms with Gasteiger partial charge in [0, 0.05) is 19.2 Å². The normalized spacial score (nSPS) is 31.2. The van der Waals surface area contributed by atoms with E-state index in [1.807, 2.05) is 11.8 Å². The molecule has 19 heavy (non-hydrogen) atoms. The summed E-state index contributed by atoms with van der Waals surface area (Å²) in [7, 11) is 0. The zero-order valence-corrected chi connectivity index (χ0v) is 11.9. The Balaban J connectivity index is 1.94. The number of urea groups is 1. The van der Waals surface area contributed by atoms with E-state index in [0.29, 0.717) is 25.1 Å². The highest BCUT2D eigenvalue weighted by molar-refractivity contribution is 5.75. The first-order valence-corrected chi connectivity index (χ1v) is 7.61. The maximum Gasteiger partial charge on any atom is 0.317 e. The first kappa shape index (κ1) is 14.6. The molecule has 0 aromatic carbocycles. The van der Waals surface area contributed by atoms with Gasteiger partial charge in [0.25, 0.3) is 0 Å². The Morgan fingerprint density at radius 3 is 2.79 bits per heavy atom. The molecule has 1 heterocycles. The third kappa shape index (κ3) is 3.60. The predicted molar refractivity (Wildman–Crippen MR) is 74.9 cm³/mol. The van der Waals surface area contributed by atoms with Gasteiger partial charge in [0.05, 0.1) is 12.6 Å². The van der Waals surface area contributed by atoms with Crippen LogP contribution in [-0.2, 0) is 4.74 Å². The monoisotopic (exact) mass is 269 g/mol. The van der Waals surface area contributed by atoms with Crippen LogP contribution in [0.1, 0.15) is 39.0 Å². The molecule has 110 valence electrons. The van der Waals surface area contributed by atoms with Crippen LogP contribution in [0.3, 0.4) is 0 Å². The Morgan fingerprint density at radius 2 is 2.16 bits per heavy atom. The molecule has 5 nitrogen and oxygen atoms in total. The maximum atomic E-state index is 12.4. The molecule has 0 spiro atoms. The van der Waals surface area contributed by atoms with Crippen molar-refractivity contribution < 1.29 is 9.53 Å². The molecule has 2 amide bonds. The molecule has 3 atom stereocenters. The SMILES string of the molecule is CCN(C(=O)NC1CCOC1)C1CCCCC1CN. The summed E-state index contributed by atoms with van der Waals surface area (Å²) in [6.45, 7) is 4.88. The number of carbonyl (C=O) groups excluding carboxylic acids is 1. The van der Waals surface area contributed by atoms with Crippen molar-refractivity contribution in [2.24, 2.45) is 11.7 Å². The highest BCUT2D eigenvalue weighted by Gasteiger charge is 2.32. The summed E-state index contributed by atoms with van der Waals surface area (Å²) in [6.07, 6.45) is 5.61. The first-order valence-electron chi connectivity index (χ1n) is 7.61. The van der Waals surface area contributed by atoms with Gasteiger partial charge in [-0.1, -0.05) is 12.8 Å². The predicted octanol–water partition coefficient (Wildman–Crippen LogP) is 1.32. The molecule has 0 radical (unpaired) electrons. The number of nitrogens with zero attached hydrogens (tertiary/aromatic N) is 1. The summed E-state index contributed by atoms with van der Waals surface area (Å²) < 4.78 is 5.31. The summed E-state index contributed by atoms with van der Waals surface area (Å²) in [5.74, 6) is 0.458. The first-order chi connectivity index (χ1) is 9.26. The molecule has 0 aromatic rings. The van der Waals surface area contributed by atoms with Gasteiger partial charge in [-0.05, 0) is 38.6 Å². The largest absolute Gasteiger partial charge is 0.379 e. The average molecular weight is 269 g/mol. The fraction of sp³-hybridized carbons (Fsp3) is 0.929. The van der Waals surface area contributed by atoms with E-state index in [4.69, 9.17) is 10.5 Å². The van der Waals surface area contributed by atoms with Gasteiger partial charge in [0.1, 0.15) is 0 Å². The lowest BCUT2D eigenvalue weighted by molar-refractivity contribution is 0.122. The van der Waals surface area contributed by atoms with E-state index in [0.717, 1.165) is 32.4 Å². The lowest BCUT2D eigenvalue weighted by Gasteiger charge is -2.39. The van der Waals surface area contributed by atoms with Gasteiger partial charge >= 0.3 is 6.03 Å². The van der Waals surface area contributed by atoms with E-state index in [-0.39, 0.29) is 12.1 Å². The van der Waals surface area contributed by atoms with E-state index in [2.05, 4.69) is 5.32 Å². The lowest BCUT2D eigenvalue weighted by Crippen LogP contribution is -2.53. The quantitative estimate of drug-likeness (QED) is 0.809. The fourth-order valence-corrected chi connectivity index (χ4v) is 3.31. The van der Waals surface area contributed by atoms with Crippen LogP contribution in [0.15, 0.2) is 0 Å². The minimum atomic E-state index is 0.0587. The van der Waals surface area contributed by atoms with Gasteiger partial charge in [-0.15, -0.1) is 0 Å². The fourth-order valence-electron chi connectivity index (χ4n) is 3.31. The second-order valence-electron chi connectivity index (χ2n) is 5.64. The van der Waals surface area contributed by atoms with Crippen LogP contribution >= 0.6 is 0 Å². The molecule has 2 fully saturated rings. The van der Waals surface area contributed by atoms with Gasteiger partial charge < -0.3 is 20.7 Å². The number of ether oxygens (including phenoxy) is 1. The third-order valence-corrected chi connectivity index (χ3v) is 4.43. The summed E-state index contributed by atoms with van der Waals surface area (Å²) in [5, 5.41) is 3.09. The number of carbonyl (C=O) groups is 1. The average Bonchev–Trinajstić information content (AvgIpc) is 2.93. The summed E-state index contributed by atoms with van der Waals surface area (Å²) in [4.78, 5) is 14.4. The lowest BCUT2D eigenvalue weighted by atomic mass is 9.83. The number of amides is 2. The third-order valence-electron chi connectivity index (χ3n) is 4.43. The minimum Gasteiger partial charge on any atom is -0.379 e. The summed E-state index contributed by atoms with van der Waals surface area (Å²) >= 11 is 0. The maximum absolute atomic E-state index is 12.4. The van der Waals surface area contributed by atoms with Gasteiger partial charge in [-0.25, -0.2) is 4.79 Å². The van der Waals surface area contributed by atoms with Crippen molar-refractivity contribution in [1.82, 2.24) is 10.2 Å². The van der Waals surface area contributed by atoms with Crippen LogP contribution in [0, 0.1) is 5.92 Å².